The Hall–Kier alpha value is -3.61. The normalized spacial score (nSPS) is 19.4. The van der Waals surface area contributed by atoms with Crippen LogP contribution in [0.15, 0.2) is 55.1 Å². The van der Waals surface area contributed by atoms with E-state index in [1.807, 2.05) is 18.2 Å². The second-order valence-electron chi connectivity index (χ2n) is 7.76. The molecule has 0 radical (unpaired) electrons. The fraction of sp³-hybridized carbons (Fsp3) is 0.250. The van der Waals surface area contributed by atoms with Crippen molar-refractivity contribution in [1.82, 2.24) is 15.1 Å². The average Bonchev–Trinajstić information content (AvgIpc) is 3.22. The first kappa shape index (κ1) is 19.4. The number of nitrogens with one attached hydrogen (secondary N) is 1. The summed E-state index contributed by atoms with van der Waals surface area (Å²) in [6.45, 7) is 4.74. The van der Waals surface area contributed by atoms with Gasteiger partial charge in [-0.1, -0.05) is 36.9 Å². The van der Waals surface area contributed by atoms with E-state index in [1.165, 1.54) is 6.07 Å². The molecule has 158 valence electrons. The number of ether oxygens (including phenoxy) is 2. The Balaban J connectivity index is 1.27. The van der Waals surface area contributed by atoms with Gasteiger partial charge in [-0.2, -0.15) is 5.10 Å². The predicted molar refractivity (Wildman–Crippen MR) is 114 cm³/mol. The van der Waals surface area contributed by atoms with Crippen molar-refractivity contribution in [3.05, 3.63) is 83.3 Å². The van der Waals surface area contributed by atoms with Crippen LogP contribution < -0.4 is 14.8 Å². The van der Waals surface area contributed by atoms with E-state index >= 15 is 0 Å². The monoisotopic (exact) mass is 419 g/mol. The summed E-state index contributed by atoms with van der Waals surface area (Å²) in [7, 11) is 0. The zero-order valence-corrected chi connectivity index (χ0v) is 16.9. The van der Waals surface area contributed by atoms with Gasteiger partial charge in [0.15, 0.2) is 5.69 Å². The summed E-state index contributed by atoms with van der Waals surface area (Å²) in [5, 5.41) is 7.36. The minimum Gasteiger partial charge on any atom is -0.491 e. The number of aromatic nitrogens is 2. The van der Waals surface area contributed by atoms with Crippen molar-refractivity contribution >= 4 is 12.0 Å². The quantitative estimate of drug-likeness (QED) is 0.696. The summed E-state index contributed by atoms with van der Waals surface area (Å²) in [4.78, 5) is 12.8. The van der Waals surface area contributed by atoms with E-state index in [-0.39, 0.29) is 23.5 Å². The van der Waals surface area contributed by atoms with Gasteiger partial charge in [0, 0.05) is 24.6 Å². The molecule has 2 aliphatic rings. The van der Waals surface area contributed by atoms with Gasteiger partial charge in [0.05, 0.1) is 6.04 Å². The number of hydrogen-bond acceptors (Lipinski definition) is 4. The van der Waals surface area contributed by atoms with Gasteiger partial charge in [-0.15, -0.1) is 0 Å². The lowest BCUT2D eigenvalue weighted by molar-refractivity contribution is 0.0909. The van der Waals surface area contributed by atoms with Crippen molar-refractivity contribution in [3.63, 3.8) is 0 Å². The molecule has 2 aromatic carbocycles. The summed E-state index contributed by atoms with van der Waals surface area (Å²) in [5.41, 5.74) is 2.83. The lowest BCUT2D eigenvalue weighted by Gasteiger charge is -2.26. The molecule has 0 spiro atoms. The summed E-state index contributed by atoms with van der Waals surface area (Å²) >= 11 is 0. The molecule has 0 fully saturated rings. The number of carbonyl (C=O) groups excluding carboxylic acids is 1. The maximum absolute atomic E-state index is 14.1. The molecule has 1 aromatic heterocycles. The highest BCUT2D eigenvalue weighted by Gasteiger charge is 2.28. The van der Waals surface area contributed by atoms with Gasteiger partial charge in [0.2, 0.25) is 5.88 Å². The average molecular weight is 419 g/mol. The second-order valence-corrected chi connectivity index (χ2v) is 7.76. The SMILES string of the molecule is C=Cc1ccc2c(c1)C[C@@H](NC(=O)c1cc3n(n1)CCC(c1ccccc1F)O3)CO2. The Morgan fingerprint density at radius 1 is 1.26 bits per heavy atom. The number of aryl methyl sites for hydroxylation is 1. The standard InChI is InChI=1S/C24H22FN3O3/c1-2-15-7-8-21-16(11-15)12-17(14-30-21)26-24(29)20-13-23-28(27-20)10-9-22(31-23)18-5-3-4-6-19(18)25/h2-8,11,13,17,22H,1,9-10,12,14H2,(H,26,29)/t17-,22?/m1/s1. The predicted octanol–water partition coefficient (Wildman–Crippen LogP) is 3.92. The van der Waals surface area contributed by atoms with Crippen LogP contribution in [-0.2, 0) is 13.0 Å². The number of hydrogen-bond donors (Lipinski definition) is 1. The molecule has 7 heteroatoms. The Morgan fingerprint density at radius 2 is 2.13 bits per heavy atom. The van der Waals surface area contributed by atoms with E-state index in [0.717, 1.165) is 16.9 Å². The highest BCUT2D eigenvalue weighted by atomic mass is 19.1. The third kappa shape index (κ3) is 3.79. The van der Waals surface area contributed by atoms with Crippen LogP contribution in [0.4, 0.5) is 4.39 Å². The molecule has 1 amide bonds. The molecule has 0 saturated heterocycles. The molecule has 0 saturated carbocycles. The van der Waals surface area contributed by atoms with E-state index in [0.29, 0.717) is 37.4 Å². The highest BCUT2D eigenvalue weighted by molar-refractivity contribution is 5.92. The number of benzene rings is 2. The number of amides is 1. The number of halogens is 1. The lowest BCUT2D eigenvalue weighted by atomic mass is 10.00. The fourth-order valence-electron chi connectivity index (χ4n) is 4.06. The van der Waals surface area contributed by atoms with E-state index < -0.39 is 6.10 Å². The molecular weight excluding hydrogens is 397 g/mol. The Labute approximate surface area is 179 Å². The van der Waals surface area contributed by atoms with Crippen molar-refractivity contribution in [2.75, 3.05) is 6.61 Å². The number of nitrogens with zero attached hydrogens (tertiary/aromatic N) is 2. The summed E-state index contributed by atoms with van der Waals surface area (Å²) in [6, 6.07) is 13.9. The number of rotatable bonds is 4. The molecule has 3 heterocycles. The Kier molecular flexibility index (Phi) is 4.94. The number of carbonyl (C=O) groups is 1. The van der Waals surface area contributed by atoms with Crippen molar-refractivity contribution < 1.29 is 18.7 Å². The molecular formula is C24H22FN3O3. The van der Waals surface area contributed by atoms with E-state index in [4.69, 9.17) is 9.47 Å². The minimum atomic E-state index is -0.399. The molecule has 31 heavy (non-hydrogen) atoms. The molecule has 2 atom stereocenters. The zero-order valence-electron chi connectivity index (χ0n) is 16.9. The highest BCUT2D eigenvalue weighted by Crippen LogP contribution is 2.32. The minimum absolute atomic E-state index is 0.161. The molecule has 6 nitrogen and oxygen atoms in total. The van der Waals surface area contributed by atoms with Gasteiger partial charge in [-0.05, 0) is 35.7 Å². The van der Waals surface area contributed by atoms with E-state index in [1.54, 1.807) is 35.0 Å². The van der Waals surface area contributed by atoms with Crippen LogP contribution in [0.1, 0.15) is 39.7 Å². The first-order chi connectivity index (χ1) is 15.1. The maximum Gasteiger partial charge on any atom is 0.272 e. The van der Waals surface area contributed by atoms with E-state index in [2.05, 4.69) is 17.0 Å². The van der Waals surface area contributed by atoms with Crippen molar-refractivity contribution in [3.8, 4) is 11.6 Å². The zero-order chi connectivity index (χ0) is 21.4. The lowest BCUT2D eigenvalue weighted by Crippen LogP contribution is -2.42. The molecule has 2 aliphatic heterocycles. The van der Waals surface area contributed by atoms with Crippen LogP contribution >= 0.6 is 0 Å². The van der Waals surface area contributed by atoms with Crippen molar-refractivity contribution in [2.24, 2.45) is 0 Å². The summed E-state index contributed by atoms with van der Waals surface area (Å²) in [6.07, 6.45) is 2.63. The maximum atomic E-state index is 14.1. The third-order valence-electron chi connectivity index (χ3n) is 5.66. The van der Waals surface area contributed by atoms with Crippen LogP contribution in [0.5, 0.6) is 11.6 Å². The summed E-state index contributed by atoms with van der Waals surface area (Å²) < 4.78 is 27.5. The van der Waals surface area contributed by atoms with E-state index in [9.17, 15) is 9.18 Å². The van der Waals surface area contributed by atoms with Crippen LogP contribution in [-0.4, -0.2) is 28.3 Å². The number of fused-ring (bicyclic) bond motifs is 2. The molecule has 1 N–H and O–H groups in total. The first-order valence-corrected chi connectivity index (χ1v) is 10.3. The van der Waals surface area contributed by atoms with Gasteiger partial charge in [-0.3, -0.25) is 4.79 Å². The fourth-order valence-corrected chi connectivity index (χ4v) is 4.06. The second kappa shape index (κ2) is 7.91. The van der Waals surface area contributed by atoms with Gasteiger partial charge in [0.1, 0.15) is 24.3 Å². The smallest absolute Gasteiger partial charge is 0.272 e. The molecule has 0 bridgehead atoms. The largest absolute Gasteiger partial charge is 0.491 e. The first-order valence-electron chi connectivity index (χ1n) is 10.3. The molecule has 5 rings (SSSR count). The summed E-state index contributed by atoms with van der Waals surface area (Å²) in [5.74, 6) is 0.715. The molecule has 3 aromatic rings. The van der Waals surface area contributed by atoms with Crippen LogP contribution in [0, 0.1) is 5.82 Å². The van der Waals surface area contributed by atoms with Crippen molar-refractivity contribution in [2.45, 2.75) is 31.5 Å². The topological polar surface area (TPSA) is 65.4 Å². The van der Waals surface area contributed by atoms with Gasteiger partial charge < -0.3 is 14.8 Å². The molecule has 0 aliphatic carbocycles. The Bertz CT molecular complexity index is 1160. The third-order valence-corrected chi connectivity index (χ3v) is 5.66. The Morgan fingerprint density at radius 3 is 2.97 bits per heavy atom. The van der Waals surface area contributed by atoms with Crippen LogP contribution in [0.2, 0.25) is 0 Å². The van der Waals surface area contributed by atoms with Gasteiger partial charge in [0.25, 0.3) is 5.91 Å². The van der Waals surface area contributed by atoms with Gasteiger partial charge >= 0.3 is 0 Å². The molecule has 1 unspecified atom stereocenters. The van der Waals surface area contributed by atoms with Crippen LogP contribution in [0.25, 0.3) is 6.08 Å². The van der Waals surface area contributed by atoms with Gasteiger partial charge in [-0.25, -0.2) is 9.07 Å². The van der Waals surface area contributed by atoms with Crippen LogP contribution in [0.3, 0.4) is 0 Å². The van der Waals surface area contributed by atoms with Crippen molar-refractivity contribution in [1.29, 1.82) is 0 Å².